The molecule has 0 spiro atoms. The molecule has 1 saturated heterocycles. The van der Waals surface area contributed by atoms with Gasteiger partial charge in [0.2, 0.25) is 0 Å². The van der Waals surface area contributed by atoms with Crippen LogP contribution < -0.4 is 5.32 Å². The van der Waals surface area contributed by atoms with E-state index >= 15 is 0 Å². The van der Waals surface area contributed by atoms with Crippen LogP contribution in [-0.4, -0.2) is 69.8 Å². The molecule has 1 aromatic rings. The number of rotatable bonds is 5. The minimum atomic E-state index is -4.67. The maximum Gasteiger partial charge on any atom is 0.394 e. The largest absolute Gasteiger partial charge is 0.481 e. The van der Waals surface area contributed by atoms with Crippen LogP contribution in [0, 0.1) is 11.8 Å². The Hall–Kier alpha value is -2.30. The molecule has 0 bridgehead atoms. The SMILES string of the molecule is CCOC1CC(NC(=O)N2C[C@@H](C(F)(F)F)[C@H](C(=O)O)C2)C1n1cccn1. The molecule has 5 atom stereocenters. The van der Waals surface area contributed by atoms with Crippen molar-refractivity contribution in [3.05, 3.63) is 18.5 Å². The molecule has 27 heavy (non-hydrogen) atoms. The molecule has 1 saturated carbocycles. The lowest BCUT2D eigenvalue weighted by molar-refractivity contribution is -0.187. The molecule has 0 radical (unpaired) electrons. The van der Waals surface area contributed by atoms with Crippen molar-refractivity contribution in [1.82, 2.24) is 20.0 Å². The number of nitrogens with one attached hydrogen (secondary N) is 1. The fourth-order valence-electron chi connectivity index (χ4n) is 3.73. The Morgan fingerprint density at radius 2 is 2.11 bits per heavy atom. The van der Waals surface area contributed by atoms with Crippen LogP contribution in [0.1, 0.15) is 19.4 Å². The van der Waals surface area contributed by atoms with Gasteiger partial charge in [-0.25, -0.2) is 4.79 Å². The van der Waals surface area contributed by atoms with Gasteiger partial charge in [0.15, 0.2) is 0 Å². The Kier molecular flexibility index (Phi) is 5.31. The first-order chi connectivity index (χ1) is 12.7. The Bertz CT molecular complexity index is 682. The van der Waals surface area contributed by atoms with Crippen molar-refractivity contribution in [3.8, 4) is 0 Å². The number of carbonyl (C=O) groups excluding carboxylic acids is 1. The number of ether oxygens (including phenoxy) is 1. The molecule has 8 nitrogen and oxygen atoms in total. The summed E-state index contributed by atoms with van der Waals surface area (Å²) in [4.78, 5) is 24.5. The molecule has 2 heterocycles. The summed E-state index contributed by atoms with van der Waals surface area (Å²) in [5, 5.41) is 15.9. The van der Waals surface area contributed by atoms with Gasteiger partial charge < -0.3 is 20.1 Å². The van der Waals surface area contributed by atoms with Gasteiger partial charge in [0.25, 0.3) is 0 Å². The summed E-state index contributed by atoms with van der Waals surface area (Å²) < 4.78 is 46.5. The fraction of sp³-hybridized carbons (Fsp3) is 0.688. The van der Waals surface area contributed by atoms with Gasteiger partial charge in [0.1, 0.15) is 0 Å². The molecule has 2 fully saturated rings. The lowest BCUT2D eigenvalue weighted by atomic mass is 9.82. The van der Waals surface area contributed by atoms with Crippen molar-refractivity contribution in [3.63, 3.8) is 0 Å². The smallest absolute Gasteiger partial charge is 0.394 e. The number of carboxylic acids is 1. The second-order valence-corrected chi connectivity index (χ2v) is 6.76. The third-order valence-corrected chi connectivity index (χ3v) is 5.14. The quantitative estimate of drug-likeness (QED) is 0.794. The molecule has 1 aromatic heterocycles. The molecule has 11 heteroatoms. The highest BCUT2D eigenvalue weighted by Crippen LogP contribution is 2.39. The summed E-state index contributed by atoms with van der Waals surface area (Å²) in [5.74, 6) is -5.28. The van der Waals surface area contributed by atoms with Crippen molar-refractivity contribution in [2.45, 2.75) is 37.7 Å². The van der Waals surface area contributed by atoms with E-state index in [0.29, 0.717) is 13.0 Å². The minimum Gasteiger partial charge on any atom is -0.481 e. The summed E-state index contributed by atoms with van der Waals surface area (Å²) in [6.45, 7) is 1.20. The Morgan fingerprint density at radius 3 is 2.63 bits per heavy atom. The normalized spacial score (nSPS) is 30.8. The Balaban J connectivity index is 1.66. The van der Waals surface area contributed by atoms with Gasteiger partial charge in [-0.05, 0) is 19.4 Å². The van der Waals surface area contributed by atoms with Gasteiger partial charge in [-0.15, -0.1) is 0 Å². The summed E-state index contributed by atoms with van der Waals surface area (Å²) >= 11 is 0. The van der Waals surface area contributed by atoms with E-state index < -0.39 is 43.1 Å². The van der Waals surface area contributed by atoms with Crippen LogP contribution in [0.25, 0.3) is 0 Å². The van der Waals surface area contributed by atoms with E-state index in [2.05, 4.69) is 10.4 Å². The molecule has 3 rings (SSSR count). The highest BCUT2D eigenvalue weighted by molar-refractivity contribution is 5.78. The maximum atomic E-state index is 13.1. The first-order valence-corrected chi connectivity index (χ1v) is 8.68. The average Bonchev–Trinajstić information content (AvgIpc) is 3.22. The summed E-state index contributed by atoms with van der Waals surface area (Å²) in [7, 11) is 0. The summed E-state index contributed by atoms with van der Waals surface area (Å²) in [6, 6.07) is 0.402. The number of aromatic nitrogens is 2. The molecule has 2 aliphatic rings. The van der Waals surface area contributed by atoms with E-state index in [-0.39, 0.29) is 18.2 Å². The molecule has 2 N–H and O–H groups in total. The van der Waals surface area contributed by atoms with Gasteiger partial charge in [-0.1, -0.05) is 0 Å². The van der Waals surface area contributed by atoms with Crippen molar-refractivity contribution in [1.29, 1.82) is 0 Å². The number of carbonyl (C=O) groups is 2. The number of aliphatic carboxylic acids is 1. The monoisotopic (exact) mass is 390 g/mol. The molecule has 150 valence electrons. The molecule has 2 amide bonds. The predicted molar refractivity (Wildman–Crippen MR) is 85.9 cm³/mol. The van der Waals surface area contributed by atoms with Gasteiger partial charge in [-0.3, -0.25) is 9.48 Å². The van der Waals surface area contributed by atoms with Crippen LogP contribution in [-0.2, 0) is 9.53 Å². The van der Waals surface area contributed by atoms with E-state index in [1.54, 1.807) is 23.1 Å². The standard InChI is InChI=1S/C16H21F3N4O4/c1-2-27-12-6-11(13(12)23-5-3-4-20-23)21-15(26)22-7-9(14(24)25)10(8-22)16(17,18)19/h3-5,9-13H,2,6-8H2,1H3,(H,21,26)(H,24,25)/t9-,10-,11?,12?,13?/m1/s1. The number of nitrogens with zero attached hydrogens (tertiary/aromatic N) is 3. The molecule has 0 aromatic carbocycles. The zero-order valence-corrected chi connectivity index (χ0v) is 14.6. The maximum absolute atomic E-state index is 13.1. The highest BCUT2D eigenvalue weighted by Gasteiger charge is 2.54. The van der Waals surface area contributed by atoms with Crippen LogP contribution in [0.15, 0.2) is 18.5 Å². The van der Waals surface area contributed by atoms with Crippen LogP contribution >= 0.6 is 0 Å². The third kappa shape index (κ3) is 3.87. The number of alkyl halides is 3. The van der Waals surface area contributed by atoms with Crippen LogP contribution in [0.4, 0.5) is 18.0 Å². The van der Waals surface area contributed by atoms with E-state index in [0.717, 1.165) is 4.90 Å². The second-order valence-electron chi connectivity index (χ2n) is 6.76. The second kappa shape index (κ2) is 7.37. The lowest BCUT2D eigenvalue weighted by Gasteiger charge is -2.44. The third-order valence-electron chi connectivity index (χ3n) is 5.14. The first kappa shape index (κ1) is 19.5. The number of amides is 2. The van der Waals surface area contributed by atoms with E-state index in [4.69, 9.17) is 9.84 Å². The van der Waals surface area contributed by atoms with E-state index in [9.17, 15) is 22.8 Å². The van der Waals surface area contributed by atoms with Crippen molar-refractivity contribution in [2.24, 2.45) is 11.8 Å². The van der Waals surface area contributed by atoms with Crippen LogP contribution in [0.5, 0.6) is 0 Å². The van der Waals surface area contributed by atoms with E-state index in [1.165, 1.54) is 0 Å². The summed E-state index contributed by atoms with van der Waals surface area (Å²) in [5.41, 5.74) is 0. The van der Waals surface area contributed by atoms with Crippen molar-refractivity contribution in [2.75, 3.05) is 19.7 Å². The zero-order chi connectivity index (χ0) is 19.8. The molecule has 3 unspecified atom stereocenters. The number of likely N-dealkylation sites (tertiary alicyclic amines) is 1. The molecule has 1 aliphatic heterocycles. The first-order valence-electron chi connectivity index (χ1n) is 8.68. The highest BCUT2D eigenvalue weighted by atomic mass is 19.4. The van der Waals surface area contributed by atoms with E-state index in [1.807, 2.05) is 6.92 Å². The minimum absolute atomic E-state index is 0.159. The van der Waals surface area contributed by atoms with Gasteiger partial charge in [0, 0.05) is 32.1 Å². The van der Waals surface area contributed by atoms with Crippen molar-refractivity contribution >= 4 is 12.0 Å². The predicted octanol–water partition coefficient (Wildman–Crippen LogP) is 1.51. The number of hydrogen-bond donors (Lipinski definition) is 2. The fourth-order valence-corrected chi connectivity index (χ4v) is 3.73. The summed E-state index contributed by atoms with van der Waals surface area (Å²) in [6.07, 6.45) is -1.01. The number of urea groups is 1. The van der Waals surface area contributed by atoms with Crippen LogP contribution in [0.3, 0.4) is 0 Å². The molecular formula is C16H21F3N4O4. The number of carboxylic acid groups (broad SMARTS) is 1. The van der Waals surface area contributed by atoms with Crippen LogP contribution in [0.2, 0.25) is 0 Å². The topological polar surface area (TPSA) is 96.7 Å². The van der Waals surface area contributed by atoms with Gasteiger partial charge in [-0.2, -0.15) is 18.3 Å². The number of hydrogen-bond acceptors (Lipinski definition) is 4. The zero-order valence-electron chi connectivity index (χ0n) is 14.6. The van der Waals surface area contributed by atoms with Gasteiger partial charge in [0.05, 0.1) is 30.0 Å². The lowest BCUT2D eigenvalue weighted by Crippen LogP contribution is -2.59. The average molecular weight is 390 g/mol. The Labute approximate surface area is 153 Å². The van der Waals surface area contributed by atoms with Crippen molar-refractivity contribution < 1.29 is 32.6 Å². The number of halogens is 3. The molecular weight excluding hydrogens is 369 g/mol. The molecule has 1 aliphatic carbocycles. The Morgan fingerprint density at radius 1 is 1.37 bits per heavy atom. The van der Waals surface area contributed by atoms with Gasteiger partial charge >= 0.3 is 18.2 Å².